The van der Waals surface area contributed by atoms with Gasteiger partial charge in [-0.1, -0.05) is 0 Å². The number of hydrogen-bond donors (Lipinski definition) is 1. The van der Waals surface area contributed by atoms with E-state index < -0.39 is 5.91 Å². The standard InChI is InChI=1S/C16H22N2O4/c1-21-6-5-18-10-11(8-15(18)19)7-13-9-12(16(17)20)3-4-14(13)22-2/h3-4,9,11H,5-8,10H2,1-2H3,(H2,17,20)/t11-/m0/s1. The van der Waals surface area contributed by atoms with Crippen molar-refractivity contribution in [3.05, 3.63) is 29.3 Å². The van der Waals surface area contributed by atoms with Crippen molar-refractivity contribution in [3.63, 3.8) is 0 Å². The third-order valence-corrected chi connectivity index (χ3v) is 3.93. The minimum atomic E-state index is -0.465. The van der Waals surface area contributed by atoms with Crippen LogP contribution in [0.1, 0.15) is 22.3 Å². The summed E-state index contributed by atoms with van der Waals surface area (Å²) in [6.07, 6.45) is 1.19. The van der Waals surface area contributed by atoms with Gasteiger partial charge in [0.15, 0.2) is 0 Å². The Bertz CT molecular complexity index is 559. The molecule has 0 radical (unpaired) electrons. The second-order valence-corrected chi connectivity index (χ2v) is 5.50. The fourth-order valence-electron chi connectivity index (χ4n) is 2.81. The van der Waals surface area contributed by atoms with Crippen LogP contribution in [-0.4, -0.2) is 50.6 Å². The van der Waals surface area contributed by atoms with Crippen LogP contribution < -0.4 is 10.5 Å². The highest BCUT2D eigenvalue weighted by Crippen LogP contribution is 2.27. The van der Waals surface area contributed by atoms with Gasteiger partial charge in [0.2, 0.25) is 11.8 Å². The third kappa shape index (κ3) is 3.76. The Morgan fingerprint density at radius 2 is 2.18 bits per heavy atom. The highest BCUT2D eigenvalue weighted by molar-refractivity contribution is 5.93. The van der Waals surface area contributed by atoms with E-state index in [4.69, 9.17) is 15.2 Å². The van der Waals surface area contributed by atoms with E-state index in [1.54, 1.807) is 32.4 Å². The molecule has 0 unspecified atom stereocenters. The normalized spacial score (nSPS) is 17.8. The predicted octanol–water partition coefficient (Wildman–Crippen LogP) is 0.832. The number of methoxy groups -OCH3 is 2. The lowest BCUT2D eigenvalue weighted by atomic mass is 9.96. The largest absolute Gasteiger partial charge is 0.496 e. The molecule has 0 aromatic heterocycles. The van der Waals surface area contributed by atoms with Crippen molar-refractivity contribution in [2.75, 3.05) is 33.9 Å². The molecule has 1 saturated heterocycles. The van der Waals surface area contributed by atoms with Crippen LogP contribution in [0, 0.1) is 5.92 Å². The molecule has 1 heterocycles. The molecular formula is C16H22N2O4. The average Bonchev–Trinajstić information content (AvgIpc) is 2.84. The number of carbonyl (C=O) groups excluding carboxylic acids is 2. The van der Waals surface area contributed by atoms with Crippen molar-refractivity contribution < 1.29 is 19.1 Å². The maximum absolute atomic E-state index is 12.0. The van der Waals surface area contributed by atoms with Gasteiger partial charge >= 0.3 is 0 Å². The molecular weight excluding hydrogens is 284 g/mol. The average molecular weight is 306 g/mol. The number of likely N-dealkylation sites (tertiary alicyclic amines) is 1. The van der Waals surface area contributed by atoms with E-state index >= 15 is 0 Å². The molecule has 1 aliphatic rings. The monoisotopic (exact) mass is 306 g/mol. The zero-order valence-electron chi connectivity index (χ0n) is 13.0. The van der Waals surface area contributed by atoms with Gasteiger partial charge in [-0.3, -0.25) is 9.59 Å². The molecule has 2 amide bonds. The number of nitrogens with two attached hydrogens (primary N) is 1. The lowest BCUT2D eigenvalue weighted by Gasteiger charge is -2.17. The summed E-state index contributed by atoms with van der Waals surface area (Å²) in [7, 11) is 3.21. The number of benzene rings is 1. The van der Waals surface area contributed by atoms with Crippen LogP contribution in [0.2, 0.25) is 0 Å². The maximum atomic E-state index is 12.0. The summed E-state index contributed by atoms with van der Waals surface area (Å²) in [5.74, 6) is 0.606. The molecule has 1 aliphatic heterocycles. The Kier molecular flexibility index (Phi) is 5.38. The molecule has 2 N–H and O–H groups in total. The highest BCUT2D eigenvalue weighted by Gasteiger charge is 2.29. The summed E-state index contributed by atoms with van der Waals surface area (Å²) in [6, 6.07) is 5.15. The number of rotatable bonds is 7. The number of ether oxygens (including phenoxy) is 2. The maximum Gasteiger partial charge on any atom is 0.248 e. The smallest absolute Gasteiger partial charge is 0.248 e. The molecule has 0 spiro atoms. The second-order valence-electron chi connectivity index (χ2n) is 5.50. The van der Waals surface area contributed by atoms with Gasteiger partial charge in [0.05, 0.1) is 13.7 Å². The van der Waals surface area contributed by atoms with Crippen molar-refractivity contribution >= 4 is 11.8 Å². The van der Waals surface area contributed by atoms with Gasteiger partial charge in [0, 0.05) is 32.2 Å². The second kappa shape index (κ2) is 7.26. The van der Waals surface area contributed by atoms with Crippen molar-refractivity contribution in [3.8, 4) is 5.75 Å². The van der Waals surface area contributed by atoms with Crippen molar-refractivity contribution in [1.29, 1.82) is 0 Å². The van der Waals surface area contributed by atoms with Crippen LogP contribution in [0.15, 0.2) is 18.2 Å². The molecule has 1 aromatic carbocycles. The number of hydrogen-bond acceptors (Lipinski definition) is 4. The fraction of sp³-hybridized carbons (Fsp3) is 0.500. The molecule has 6 heteroatoms. The summed E-state index contributed by atoms with van der Waals surface area (Å²) in [5, 5.41) is 0. The zero-order valence-corrected chi connectivity index (χ0v) is 13.0. The minimum Gasteiger partial charge on any atom is -0.496 e. The van der Waals surface area contributed by atoms with E-state index in [9.17, 15) is 9.59 Å². The van der Waals surface area contributed by atoms with E-state index in [0.29, 0.717) is 43.9 Å². The van der Waals surface area contributed by atoms with E-state index in [1.165, 1.54) is 0 Å². The van der Waals surface area contributed by atoms with Crippen LogP contribution in [0.25, 0.3) is 0 Å². The molecule has 1 aromatic rings. The Morgan fingerprint density at radius 1 is 1.41 bits per heavy atom. The number of primary amides is 1. The first-order chi connectivity index (χ1) is 10.5. The van der Waals surface area contributed by atoms with Crippen LogP contribution in [0.4, 0.5) is 0 Å². The number of nitrogens with zero attached hydrogens (tertiary/aromatic N) is 1. The lowest BCUT2D eigenvalue weighted by molar-refractivity contribution is -0.128. The molecule has 1 fully saturated rings. The van der Waals surface area contributed by atoms with Gasteiger partial charge in [-0.05, 0) is 36.1 Å². The van der Waals surface area contributed by atoms with Gasteiger partial charge in [-0.25, -0.2) is 0 Å². The molecule has 0 aliphatic carbocycles. The van der Waals surface area contributed by atoms with Crippen molar-refractivity contribution in [2.24, 2.45) is 11.7 Å². The van der Waals surface area contributed by atoms with E-state index in [-0.39, 0.29) is 11.8 Å². The van der Waals surface area contributed by atoms with Crippen LogP contribution in [0.3, 0.4) is 0 Å². The highest BCUT2D eigenvalue weighted by atomic mass is 16.5. The van der Waals surface area contributed by atoms with Gasteiger partial charge < -0.3 is 20.1 Å². The summed E-state index contributed by atoms with van der Waals surface area (Å²) in [5.41, 5.74) is 6.69. The summed E-state index contributed by atoms with van der Waals surface area (Å²) < 4.78 is 10.4. The first kappa shape index (κ1) is 16.3. The van der Waals surface area contributed by atoms with Crippen molar-refractivity contribution in [1.82, 2.24) is 4.90 Å². The molecule has 0 bridgehead atoms. The Labute approximate surface area is 130 Å². The fourth-order valence-corrected chi connectivity index (χ4v) is 2.81. The van der Waals surface area contributed by atoms with Crippen LogP contribution in [-0.2, 0) is 16.0 Å². The molecule has 6 nitrogen and oxygen atoms in total. The van der Waals surface area contributed by atoms with Crippen molar-refractivity contribution in [2.45, 2.75) is 12.8 Å². The van der Waals surface area contributed by atoms with Gasteiger partial charge in [-0.2, -0.15) is 0 Å². The Balaban J connectivity index is 2.08. The predicted molar refractivity (Wildman–Crippen MR) is 81.8 cm³/mol. The quantitative estimate of drug-likeness (QED) is 0.809. The first-order valence-corrected chi connectivity index (χ1v) is 7.28. The topological polar surface area (TPSA) is 81.9 Å². The van der Waals surface area contributed by atoms with E-state index in [0.717, 1.165) is 5.56 Å². The van der Waals surface area contributed by atoms with E-state index in [1.807, 2.05) is 4.90 Å². The lowest BCUT2D eigenvalue weighted by Crippen LogP contribution is -2.28. The molecule has 120 valence electrons. The van der Waals surface area contributed by atoms with Gasteiger partial charge in [0.1, 0.15) is 5.75 Å². The van der Waals surface area contributed by atoms with Gasteiger partial charge in [0.25, 0.3) is 0 Å². The number of carbonyl (C=O) groups is 2. The SMILES string of the molecule is COCCN1C[C@@H](Cc2cc(C(N)=O)ccc2OC)CC1=O. The molecule has 22 heavy (non-hydrogen) atoms. The molecule has 2 rings (SSSR count). The summed E-state index contributed by atoms with van der Waals surface area (Å²) in [6.45, 7) is 1.86. The Morgan fingerprint density at radius 3 is 2.82 bits per heavy atom. The van der Waals surface area contributed by atoms with Crippen LogP contribution in [0.5, 0.6) is 5.75 Å². The Hall–Kier alpha value is -2.08. The molecule has 0 saturated carbocycles. The zero-order chi connectivity index (χ0) is 16.1. The van der Waals surface area contributed by atoms with Gasteiger partial charge in [-0.15, -0.1) is 0 Å². The first-order valence-electron chi connectivity index (χ1n) is 7.28. The number of amides is 2. The van der Waals surface area contributed by atoms with Crippen LogP contribution >= 0.6 is 0 Å². The summed E-state index contributed by atoms with van der Waals surface area (Å²) >= 11 is 0. The minimum absolute atomic E-state index is 0.145. The summed E-state index contributed by atoms with van der Waals surface area (Å²) in [4.78, 5) is 25.1. The third-order valence-electron chi connectivity index (χ3n) is 3.93. The molecule has 1 atom stereocenters. The van der Waals surface area contributed by atoms with E-state index in [2.05, 4.69) is 0 Å².